The molecule has 20 heavy (non-hydrogen) atoms. The van der Waals surface area contributed by atoms with E-state index in [2.05, 4.69) is 11.9 Å². The first kappa shape index (κ1) is 15.1. The summed E-state index contributed by atoms with van der Waals surface area (Å²) in [5.74, 6) is -0.694. The maximum atomic E-state index is 12.4. The van der Waals surface area contributed by atoms with Gasteiger partial charge in [-0.2, -0.15) is 0 Å². The highest BCUT2D eigenvalue weighted by Gasteiger charge is 2.39. The minimum Gasteiger partial charge on any atom is -0.481 e. The van der Waals surface area contributed by atoms with Crippen LogP contribution in [0.15, 0.2) is 0 Å². The molecular weight excluding hydrogens is 258 g/mol. The number of carbonyl (C=O) groups excluding carboxylic acids is 1. The second-order valence-electron chi connectivity index (χ2n) is 6.25. The maximum absolute atomic E-state index is 12.4. The van der Waals surface area contributed by atoms with Gasteiger partial charge in [0.15, 0.2) is 0 Å². The largest absolute Gasteiger partial charge is 0.481 e. The topological polar surface area (TPSA) is 64.1 Å². The summed E-state index contributed by atoms with van der Waals surface area (Å²) in [4.78, 5) is 29.3. The van der Waals surface area contributed by atoms with Crippen molar-refractivity contribution >= 4 is 12.0 Å². The van der Waals surface area contributed by atoms with Gasteiger partial charge >= 0.3 is 12.0 Å². The first-order valence-corrected chi connectivity index (χ1v) is 7.33. The van der Waals surface area contributed by atoms with Crippen LogP contribution >= 0.6 is 0 Å². The summed E-state index contributed by atoms with van der Waals surface area (Å²) in [6, 6.07) is -0.246. The Morgan fingerprint density at radius 3 is 2.50 bits per heavy atom. The highest BCUT2D eigenvalue weighted by atomic mass is 16.4. The fourth-order valence-corrected chi connectivity index (χ4v) is 3.40. The summed E-state index contributed by atoms with van der Waals surface area (Å²) >= 11 is 0. The van der Waals surface area contributed by atoms with Gasteiger partial charge in [-0.05, 0) is 39.3 Å². The van der Waals surface area contributed by atoms with Gasteiger partial charge in [0.05, 0.1) is 5.92 Å². The molecule has 114 valence electrons. The third kappa shape index (κ3) is 3.06. The average Bonchev–Trinajstić information content (AvgIpc) is 2.94. The molecule has 0 radical (unpaired) electrons. The van der Waals surface area contributed by atoms with E-state index < -0.39 is 11.9 Å². The molecule has 0 aliphatic carbocycles. The van der Waals surface area contributed by atoms with Crippen molar-refractivity contribution in [2.45, 2.75) is 25.8 Å². The second kappa shape index (κ2) is 5.99. The molecule has 0 aromatic carbocycles. The molecule has 2 heterocycles. The van der Waals surface area contributed by atoms with Gasteiger partial charge in [-0.15, -0.1) is 0 Å². The Morgan fingerprint density at radius 1 is 1.30 bits per heavy atom. The molecule has 3 atom stereocenters. The van der Waals surface area contributed by atoms with Crippen LogP contribution in [-0.4, -0.2) is 78.1 Å². The molecule has 0 saturated carbocycles. The first-order chi connectivity index (χ1) is 9.40. The zero-order chi connectivity index (χ0) is 14.9. The van der Waals surface area contributed by atoms with E-state index >= 15 is 0 Å². The van der Waals surface area contributed by atoms with Crippen LogP contribution in [0.25, 0.3) is 0 Å². The number of aliphatic carboxylic acids is 1. The van der Waals surface area contributed by atoms with Crippen LogP contribution in [0.3, 0.4) is 0 Å². The number of amides is 2. The van der Waals surface area contributed by atoms with Crippen LogP contribution in [-0.2, 0) is 4.79 Å². The number of urea groups is 1. The van der Waals surface area contributed by atoms with Crippen molar-refractivity contribution in [2.75, 3.05) is 40.3 Å². The number of hydrogen-bond donors (Lipinski definition) is 1. The number of nitrogens with zero attached hydrogens (tertiary/aromatic N) is 3. The van der Waals surface area contributed by atoms with E-state index in [9.17, 15) is 9.59 Å². The Kier molecular flexibility index (Phi) is 4.52. The molecule has 0 aromatic rings. The number of carbonyl (C=O) groups is 2. The number of hydrogen-bond acceptors (Lipinski definition) is 3. The van der Waals surface area contributed by atoms with E-state index in [0.29, 0.717) is 18.9 Å². The molecule has 6 nitrogen and oxygen atoms in total. The van der Waals surface area contributed by atoms with Crippen molar-refractivity contribution < 1.29 is 14.7 Å². The second-order valence-corrected chi connectivity index (χ2v) is 6.25. The highest BCUT2D eigenvalue weighted by molar-refractivity contribution is 5.78. The molecule has 2 amide bonds. The normalized spacial score (nSPS) is 30.8. The highest BCUT2D eigenvalue weighted by Crippen LogP contribution is 2.26. The fraction of sp³-hybridized carbons (Fsp3) is 0.857. The van der Waals surface area contributed by atoms with Crippen molar-refractivity contribution in [1.82, 2.24) is 14.7 Å². The molecule has 6 heteroatoms. The Labute approximate surface area is 120 Å². The lowest BCUT2D eigenvalue weighted by molar-refractivity contribution is -0.142. The third-order valence-corrected chi connectivity index (χ3v) is 4.67. The van der Waals surface area contributed by atoms with Crippen LogP contribution < -0.4 is 0 Å². The van der Waals surface area contributed by atoms with Crippen LogP contribution in [0.4, 0.5) is 4.79 Å². The van der Waals surface area contributed by atoms with E-state index in [0.717, 1.165) is 26.1 Å². The molecule has 2 fully saturated rings. The molecular formula is C14H25N3O3. The van der Waals surface area contributed by atoms with Gasteiger partial charge in [0.1, 0.15) is 0 Å². The lowest BCUT2D eigenvalue weighted by Crippen LogP contribution is -2.46. The lowest BCUT2D eigenvalue weighted by Gasteiger charge is -2.30. The Morgan fingerprint density at radius 2 is 2.00 bits per heavy atom. The van der Waals surface area contributed by atoms with Crippen molar-refractivity contribution in [2.24, 2.45) is 11.8 Å². The number of carboxylic acid groups (broad SMARTS) is 1. The van der Waals surface area contributed by atoms with Crippen molar-refractivity contribution in [3.63, 3.8) is 0 Å². The van der Waals surface area contributed by atoms with E-state index in [-0.39, 0.29) is 12.1 Å². The summed E-state index contributed by atoms with van der Waals surface area (Å²) in [6.07, 6.45) is 1.68. The Balaban J connectivity index is 1.89. The summed E-state index contributed by atoms with van der Waals surface area (Å²) < 4.78 is 0. The van der Waals surface area contributed by atoms with E-state index in [1.54, 1.807) is 9.80 Å². The number of likely N-dealkylation sites (tertiary alicyclic amines) is 2. The standard InChI is InChI=1S/C14H25N3O3/c1-10-12(13(18)19)5-7-17(10)14(20)16(3)9-11-4-6-15(2)8-11/h10-12H,4-9H2,1-3H3,(H,18,19). The summed E-state index contributed by atoms with van der Waals surface area (Å²) in [5, 5.41) is 9.12. The van der Waals surface area contributed by atoms with Crippen LogP contribution in [0.1, 0.15) is 19.8 Å². The minimum atomic E-state index is -0.798. The molecule has 2 rings (SSSR count). The number of rotatable bonds is 3. The molecule has 1 N–H and O–H groups in total. The monoisotopic (exact) mass is 283 g/mol. The molecule has 2 saturated heterocycles. The fourth-order valence-electron chi connectivity index (χ4n) is 3.40. The maximum Gasteiger partial charge on any atom is 0.320 e. The third-order valence-electron chi connectivity index (χ3n) is 4.67. The Hall–Kier alpha value is -1.30. The van der Waals surface area contributed by atoms with E-state index in [1.165, 1.54) is 0 Å². The van der Waals surface area contributed by atoms with Gasteiger partial charge in [-0.3, -0.25) is 4.79 Å². The molecule has 2 aliphatic rings. The predicted octanol–water partition coefficient (Wildman–Crippen LogP) is 0.785. The van der Waals surface area contributed by atoms with Gasteiger partial charge in [0.25, 0.3) is 0 Å². The van der Waals surface area contributed by atoms with Crippen molar-refractivity contribution in [3.8, 4) is 0 Å². The van der Waals surface area contributed by atoms with Gasteiger partial charge < -0.3 is 19.8 Å². The van der Waals surface area contributed by atoms with Gasteiger partial charge in [-0.1, -0.05) is 0 Å². The SMILES string of the molecule is CC1C(C(=O)O)CCN1C(=O)N(C)CC1CCN(C)C1. The van der Waals surface area contributed by atoms with E-state index in [4.69, 9.17) is 5.11 Å². The van der Waals surface area contributed by atoms with Gasteiger partial charge in [0, 0.05) is 32.7 Å². The van der Waals surface area contributed by atoms with Crippen molar-refractivity contribution in [3.05, 3.63) is 0 Å². The van der Waals surface area contributed by atoms with Crippen LogP contribution in [0.5, 0.6) is 0 Å². The zero-order valence-corrected chi connectivity index (χ0v) is 12.6. The molecule has 0 bridgehead atoms. The van der Waals surface area contributed by atoms with Crippen molar-refractivity contribution in [1.29, 1.82) is 0 Å². The quantitative estimate of drug-likeness (QED) is 0.831. The Bertz CT molecular complexity index is 388. The first-order valence-electron chi connectivity index (χ1n) is 7.33. The summed E-state index contributed by atoms with van der Waals surface area (Å²) in [7, 11) is 3.92. The smallest absolute Gasteiger partial charge is 0.320 e. The molecule has 0 aromatic heterocycles. The molecule has 2 aliphatic heterocycles. The lowest BCUT2D eigenvalue weighted by atomic mass is 10.0. The van der Waals surface area contributed by atoms with Gasteiger partial charge in [0.2, 0.25) is 0 Å². The molecule has 3 unspecified atom stereocenters. The summed E-state index contributed by atoms with van der Waals surface area (Å²) in [6.45, 7) is 5.26. The van der Waals surface area contributed by atoms with E-state index in [1.807, 2.05) is 14.0 Å². The van der Waals surface area contributed by atoms with Crippen LogP contribution in [0.2, 0.25) is 0 Å². The van der Waals surface area contributed by atoms with Gasteiger partial charge in [-0.25, -0.2) is 4.79 Å². The number of carboxylic acids is 1. The average molecular weight is 283 g/mol. The predicted molar refractivity (Wildman–Crippen MR) is 75.5 cm³/mol. The minimum absolute atomic E-state index is 0.0317. The zero-order valence-electron chi connectivity index (χ0n) is 12.6. The summed E-state index contributed by atoms with van der Waals surface area (Å²) in [5.41, 5.74) is 0. The molecule has 0 spiro atoms. The van der Waals surface area contributed by atoms with Crippen LogP contribution in [0, 0.1) is 11.8 Å².